The van der Waals surface area contributed by atoms with Crippen LogP contribution >= 0.6 is 11.6 Å². The first-order valence-electron chi connectivity index (χ1n) is 6.50. The molecule has 1 aliphatic rings. The van der Waals surface area contributed by atoms with E-state index < -0.39 is 0 Å². The van der Waals surface area contributed by atoms with Gasteiger partial charge in [-0.15, -0.1) is 0 Å². The molecule has 1 heterocycles. The van der Waals surface area contributed by atoms with E-state index in [4.69, 9.17) is 11.6 Å². The van der Waals surface area contributed by atoms with Gasteiger partial charge in [0.1, 0.15) is 17.2 Å². The van der Waals surface area contributed by atoms with Crippen LogP contribution in [0, 0.1) is 10.8 Å². The van der Waals surface area contributed by atoms with Crippen molar-refractivity contribution in [3.8, 4) is 0 Å². The van der Waals surface area contributed by atoms with E-state index >= 15 is 0 Å². The number of rotatable bonds is 2. The Bertz CT molecular complexity index is 413. The fourth-order valence-corrected chi connectivity index (χ4v) is 3.72. The molecule has 0 spiro atoms. The quantitative estimate of drug-likeness (QED) is 0.875. The van der Waals surface area contributed by atoms with Crippen LogP contribution in [0.15, 0.2) is 12.5 Å². The zero-order valence-electron chi connectivity index (χ0n) is 11.6. The highest BCUT2D eigenvalue weighted by molar-refractivity contribution is 6.32. The lowest BCUT2D eigenvalue weighted by atomic mass is 9.63. The van der Waals surface area contributed by atoms with Gasteiger partial charge in [-0.1, -0.05) is 39.3 Å². The molecule has 0 unspecified atom stereocenters. The summed E-state index contributed by atoms with van der Waals surface area (Å²) < 4.78 is 0. The van der Waals surface area contributed by atoms with Gasteiger partial charge in [0.15, 0.2) is 0 Å². The molecule has 100 valence electrons. The van der Waals surface area contributed by atoms with Crippen LogP contribution in [-0.4, -0.2) is 16.0 Å². The summed E-state index contributed by atoms with van der Waals surface area (Å²) in [5, 5.41) is 4.07. The predicted octanol–water partition coefficient (Wildman–Crippen LogP) is 4.15. The Hall–Kier alpha value is -0.830. The minimum atomic E-state index is 0.360. The fraction of sp³-hybridized carbons (Fsp3) is 0.714. The van der Waals surface area contributed by atoms with E-state index in [1.807, 2.05) is 0 Å². The van der Waals surface area contributed by atoms with E-state index in [1.165, 1.54) is 12.7 Å². The van der Waals surface area contributed by atoms with Gasteiger partial charge in [-0.05, 0) is 30.1 Å². The van der Waals surface area contributed by atoms with Crippen LogP contribution in [0.4, 0.5) is 5.82 Å². The van der Waals surface area contributed by atoms with Crippen molar-refractivity contribution in [1.29, 1.82) is 0 Å². The van der Waals surface area contributed by atoms with Crippen LogP contribution < -0.4 is 5.32 Å². The van der Waals surface area contributed by atoms with Crippen LogP contribution in [0.3, 0.4) is 0 Å². The van der Waals surface area contributed by atoms with Crippen LogP contribution in [0.1, 0.15) is 47.0 Å². The van der Waals surface area contributed by atoms with E-state index in [0.717, 1.165) is 18.7 Å². The van der Waals surface area contributed by atoms with E-state index in [0.29, 0.717) is 21.9 Å². The number of hydrogen-bond donors (Lipinski definition) is 1. The van der Waals surface area contributed by atoms with Gasteiger partial charge < -0.3 is 5.32 Å². The molecule has 1 saturated carbocycles. The number of aromatic nitrogens is 2. The first kappa shape index (κ1) is 13.6. The molecule has 1 aromatic heterocycles. The molecule has 4 heteroatoms. The van der Waals surface area contributed by atoms with Crippen molar-refractivity contribution < 1.29 is 0 Å². The Morgan fingerprint density at radius 2 is 1.83 bits per heavy atom. The summed E-state index contributed by atoms with van der Waals surface area (Å²) in [6.45, 7) is 9.35. The molecule has 0 radical (unpaired) electrons. The number of halogens is 1. The van der Waals surface area contributed by atoms with Gasteiger partial charge in [-0.2, -0.15) is 0 Å². The summed E-state index contributed by atoms with van der Waals surface area (Å²) >= 11 is 6.10. The van der Waals surface area contributed by atoms with Crippen LogP contribution in [0.2, 0.25) is 5.02 Å². The number of nitrogens with one attached hydrogen (secondary N) is 1. The normalized spacial score (nSPS) is 22.7. The second kappa shape index (κ2) is 4.69. The van der Waals surface area contributed by atoms with E-state index in [-0.39, 0.29) is 0 Å². The Morgan fingerprint density at radius 1 is 1.22 bits per heavy atom. The van der Waals surface area contributed by atoms with Crippen molar-refractivity contribution in [2.75, 3.05) is 5.32 Å². The second-order valence-corrected chi connectivity index (χ2v) is 7.38. The van der Waals surface area contributed by atoms with Crippen molar-refractivity contribution >= 4 is 17.4 Å². The Labute approximate surface area is 114 Å². The lowest BCUT2D eigenvalue weighted by Gasteiger charge is -2.45. The lowest BCUT2D eigenvalue weighted by Crippen LogP contribution is -2.40. The van der Waals surface area contributed by atoms with Gasteiger partial charge >= 0.3 is 0 Å². The third-order valence-electron chi connectivity index (χ3n) is 3.56. The van der Waals surface area contributed by atoms with Crippen molar-refractivity contribution in [2.45, 2.75) is 53.0 Å². The monoisotopic (exact) mass is 267 g/mol. The zero-order valence-corrected chi connectivity index (χ0v) is 12.4. The van der Waals surface area contributed by atoms with Gasteiger partial charge in [-0.3, -0.25) is 0 Å². The molecule has 0 aromatic carbocycles. The Balaban J connectivity index is 2.12. The molecule has 0 bridgehead atoms. The molecule has 3 nitrogen and oxygen atoms in total. The number of hydrogen-bond acceptors (Lipinski definition) is 3. The molecule has 1 aromatic rings. The lowest BCUT2D eigenvalue weighted by molar-refractivity contribution is 0.105. The minimum absolute atomic E-state index is 0.360. The first-order chi connectivity index (χ1) is 8.27. The van der Waals surface area contributed by atoms with Gasteiger partial charge in [0.2, 0.25) is 0 Å². The van der Waals surface area contributed by atoms with E-state index in [2.05, 4.69) is 43.0 Å². The van der Waals surface area contributed by atoms with Gasteiger partial charge in [-0.25, -0.2) is 9.97 Å². The van der Waals surface area contributed by atoms with Crippen molar-refractivity contribution in [3.05, 3.63) is 17.5 Å². The van der Waals surface area contributed by atoms with Crippen LogP contribution in [-0.2, 0) is 0 Å². The van der Waals surface area contributed by atoms with Crippen molar-refractivity contribution in [3.63, 3.8) is 0 Å². The van der Waals surface area contributed by atoms with Crippen molar-refractivity contribution in [2.24, 2.45) is 10.8 Å². The van der Waals surface area contributed by atoms with E-state index in [9.17, 15) is 0 Å². The highest BCUT2D eigenvalue weighted by Crippen LogP contribution is 2.46. The molecule has 0 atom stereocenters. The molecular weight excluding hydrogens is 246 g/mol. The molecule has 2 rings (SSSR count). The van der Waals surface area contributed by atoms with Crippen LogP contribution in [0.25, 0.3) is 0 Å². The molecule has 0 aliphatic heterocycles. The smallest absolute Gasteiger partial charge is 0.148 e. The molecule has 0 amide bonds. The predicted molar refractivity (Wildman–Crippen MR) is 75.9 cm³/mol. The molecule has 1 fully saturated rings. The van der Waals surface area contributed by atoms with Gasteiger partial charge in [0.05, 0.1) is 6.20 Å². The van der Waals surface area contributed by atoms with E-state index in [1.54, 1.807) is 6.20 Å². The maximum Gasteiger partial charge on any atom is 0.148 e. The Kier molecular flexibility index (Phi) is 3.54. The largest absolute Gasteiger partial charge is 0.366 e. The van der Waals surface area contributed by atoms with Gasteiger partial charge in [0.25, 0.3) is 0 Å². The summed E-state index contributed by atoms with van der Waals surface area (Å²) in [4.78, 5) is 8.13. The summed E-state index contributed by atoms with van der Waals surface area (Å²) in [5.74, 6) is 0.755. The summed E-state index contributed by atoms with van der Waals surface area (Å²) in [5.41, 5.74) is 0.720. The third-order valence-corrected chi connectivity index (χ3v) is 3.84. The minimum Gasteiger partial charge on any atom is -0.366 e. The van der Waals surface area contributed by atoms with Crippen molar-refractivity contribution in [1.82, 2.24) is 9.97 Å². The third kappa shape index (κ3) is 3.35. The highest BCUT2D eigenvalue weighted by Gasteiger charge is 2.38. The SMILES string of the molecule is CC1(C)CC(Nc2ncncc2Cl)CC(C)(C)C1. The topological polar surface area (TPSA) is 37.8 Å². The van der Waals surface area contributed by atoms with Crippen LogP contribution in [0.5, 0.6) is 0 Å². The fourth-order valence-electron chi connectivity index (χ4n) is 3.56. The second-order valence-electron chi connectivity index (χ2n) is 6.97. The number of anilines is 1. The first-order valence-corrected chi connectivity index (χ1v) is 6.87. The average Bonchev–Trinajstić information content (AvgIpc) is 2.16. The number of nitrogens with zero attached hydrogens (tertiary/aromatic N) is 2. The zero-order chi connectivity index (χ0) is 13.4. The summed E-state index contributed by atoms with van der Waals surface area (Å²) in [6.07, 6.45) is 6.73. The maximum atomic E-state index is 6.10. The summed E-state index contributed by atoms with van der Waals surface area (Å²) in [6, 6.07) is 0.427. The molecule has 18 heavy (non-hydrogen) atoms. The Morgan fingerprint density at radius 3 is 2.39 bits per heavy atom. The highest BCUT2D eigenvalue weighted by atomic mass is 35.5. The molecule has 1 N–H and O–H groups in total. The molecule has 1 aliphatic carbocycles. The maximum absolute atomic E-state index is 6.10. The average molecular weight is 268 g/mol. The molecule has 0 saturated heterocycles. The summed E-state index contributed by atoms with van der Waals surface area (Å²) in [7, 11) is 0. The molecular formula is C14H22ClN3. The standard InChI is InChI=1S/C14H22ClN3/c1-13(2)5-10(6-14(3,4)8-13)18-12-11(15)7-16-9-17-12/h7,9-10H,5-6,8H2,1-4H3,(H,16,17,18). The van der Waals surface area contributed by atoms with Gasteiger partial charge in [0, 0.05) is 6.04 Å².